The Kier molecular flexibility index (Phi) is 11.5. The molecule has 226 valence electrons. The van der Waals surface area contributed by atoms with Gasteiger partial charge in [0.05, 0.1) is 6.07 Å². The van der Waals surface area contributed by atoms with Crippen LogP contribution in [0.1, 0.15) is 64.3 Å². The van der Waals surface area contributed by atoms with Crippen LogP contribution in [0.3, 0.4) is 0 Å². The van der Waals surface area contributed by atoms with Crippen molar-refractivity contribution in [3.05, 3.63) is 65.2 Å². The van der Waals surface area contributed by atoms with Gasteiger partial charge < -0.3 is 30.1 Å². The van der Waals surface area contributed by atoms with E-state index >= 15 is 0 Å². The number of aromatic hydroxyl groups is 1. The smallest absolute Gasteiger partial charge is 0.408 e. The molecule has 2 rings (SSSR count). The molecule has 3 N–H and O–H groups in total. The van der Waals surface area contributed by atoms with Gasteiger partial charge in [0.2, 0.25) is 11.8 Å². The van der Waals surface area contributed by atoms with E-state index in [4.69, 9.17) is 9.47 Å². The summed E-state index contributed by atoms with van der Waals surface area (Å²) < 4.78 is 10.7. The van der Waals surface area contributed by atoms with Crippen LogP contribution in [0, 0.1) is 18.3 Å². The molecule has 2 aromatic carbocycles. The van der Waals surface area contributed by atoms with Gasteiger partial charge in [-0.3, -0.25) is 9.59 Å². The number of nitrogens with zero attached hydrogens (tertiary/aromatic N) is 2. The van der Waals surface area contributed by atoms with E-state index in [-0.39, 0.29) is 17.7 Å². The number of phenolic OH excluding ortho intramolecular Hbond substituents is 1. The molecule has 0 aliphatic rings. The zero-order valence-corrected chi connectivity index (χ0v) is 25.2. The molecule has 0 heterocycles. The van der Waals surface area contributed by atoms with Gasteiger partial charge in [-0.05, 0) is 59.6 Å². The lowest BCUT2D eigenvalue weighted by Crippen LogP contribution is -2.52. The Morgan fingerprint density at radius 3 is 2.14 bits per heavy atom. The number of nitrogens with one attached hydrogen (secondary N) is 2. The lowest BCUT2D eigenvalue weighted by Gasteiger charge is -2.32. The van der Waals surface area contributed by atoms with Gasteiger partial charge in [0.25, 0.3) is 0 Å². The first-order valence-corrected chi connectivity index (χ1v) is 13.5. The minimum absolute atomic E-state index is 0.0380. The van der Waals surface area contributed by atoms with Gasteiger partial charge in [0.1, 0.15) is 42.1 Å². The second-order valence-corrected chi connectivity index (χ2v) is 11.7. The predicted molar refractivity (Wildman–Crippen MR) is 155 cm³/mol. The summed E-state index contributed by atoms with van der Waals surface area (Å²) in [6.45, 7) is 10.5. The van der Waals surface area contributed by atoms with Gasteiger partial charge in [0, 0.05) is 12.0 Å². The lowest BCUT2D eigenvalue weighted by atomic mass is 9.98. The topological polar surface area (TPSA) is 158 Å². The number of carbonyl (C=O) groups is 4. The summed E-state index contributed by atoms with van der Waals surface area (Å²) >= 11 is 0. The summed E-state index contributed by atoms with van der Waals surface area (Å²) in [6, 6.07) is 12.8. The maximum atomic E-state index is 14.0. The average molecular weight is 581 g/mol. The molecule has 11 heteroatoms. The molecule has 2 atom stereocenters. The van der Waals surface area contributed by atoms with E-state index in [1.807, 2.05) is 12.1 Å². The number of benzene rings is 2. The zero-order valence-electron chi connectivity index (χ0n) is 25.2. The van der Waals surface area contributed by atoms with Crippen LogP contribution in [0.5, 0.6) is 5.75 Å². The number of rotatable bonds is 10. The number of ether oxygens (including phenoxy) is 2. The van der Waals surface area contributed by atoms with E-state index in [1.54, 1.807) is 84.9 Å². The van der Waals surface area contributed by atoms with Crippen LogP contribution in [0.4, 0.5) is 4.79 Å². The number of phenols is 1. The molecule has 0 aliphatic carbocycles. The Morgan fingerprint density at radius 2 is 1.57 bits per heavy atom. The first kappa shape index (κ1) is 33.6. The zero-order chi connectivity index (χ0) is 31.7. The Hall–Kier alpha value is -4.59. The summed E-state index contributed by atoms with van der Waals surface area (Å²) in [6.07, 6.45) is -0.777. The first-order chi connectivity index (χ1) is 19.5. The van der Waals surface area contributed by atoms with E-state index in [1.165, 1.54) is 6.07 Å². The van der Waals surface area contributed by atoms with Crippen molar-refractivity contribution in [1.29, 1.82) is 5.26 Å². The highest BCUT2D eigenvalue weighted by molar-refractivity contribution is 5.93. The molecule has 0 aliphatic heterocycles. The Labute approximate surface area is 246 Å². The highest BCUT2D eigenvalue weighted by Crippen LogP contribution is 2.32. The molecule has 2 unspecified atom stereocenters. The summed E-state index contributed by atoms with van der Waals surface area (Å²) in [5.74, 6) is -2.58. The van der Waals surface area contributed by atoms with Crippen molar-refractivity contribution in [1.82, 2.24) is 15.5 Å². The van der Waals surface area contributed by atoms with Gasteiger partial charge in [-0.15, -0.1) is 0 Å². The molecule has 3 amide bonds. The van der Waals surface area contributed by atoms with Crippen molar-refractivity contribution >= 4 is 23.9 Å². The number of para-hydroxylation sites is 1. The largest absolute Gasteiger partial charge is 0.507 e. The van der Waals surface area contributed by atoms with Crippen LogP contribution in [-0.2, 0) is 30.3 Å². The summed E-state index contributed by atoms with van der Waals surface area (Å²) in [5.41, 5.74) is -0.452. The Balaban J connectivity index is 2.49. The molecule has 11 nitrogen and oxygen atoms in total. The van der Waals surface area contributed by atoms with Crippen molar-refractivity contribution < 1.29 is 33.8 Å². The van der Waals surface area contributed by atoms with E-state index in [2.05, 4.69) is 10.6 Å². The molecular weight excluding hydrogens is 540 g/mol. The molecule has 0 fully saturated rings. The number of aryl methyl sites for hydroxylation is 1. The highest BCUT2D eigenvalue weighted by atomic mass is 16.6. The second-order valence-electron chi connectivity index (χ2n) is 11.7. The molecule has 0 spiro atoms. The second kappa shape index (κ2) is 14.3. The lowest BCUT2D eigenvalue weighted by molar-refractivity contribution is -0.159. The number of amides is 3. The molecule has 2 aromatic rings. The number of alkyl carbamates (subject to hydrolysis) is 1. The molecule has 0 bridgehead atoms. The fourth-order valence-corrected chi connectivity index (χ4v) is 3.98. The third-order valence-electron chi connectivity index (χ3n) is 5.76. The minimum atomic E-state index is -1.53. The van der Waals surface area contributed by atoms with Crippen LogP contribution in [0.2, 0.25) is 0 Å². The fraction of sp³-hybridized carbons (Fsp3) is 0.452. The minimum Gasteiger partial charge on any atom is -0.507 e. The van der Waals surface area contributed by atoms with E-state index < -0.39 is 60.3 Å². The number of esters is 1. The van der Waals surface area contributed by atoms with Crippen LogP contribution in [0.25, 0.3) is 0 Å². The quantitative estimate of drug-likeness (QED) is 0.284. The Morgan fingerprint density at radius 1 is 0.952 bits per heavy atom. The van der Waals surface area contributed by atoms with Crippen LogP contribution in [-0.4, -0.2) is 64.2 Å². The van der Waals surface area contributed by atoms with Crippen molar-refractivity contribution in [2.75, 3.05) is 13.1 Å². The Bertz CT molecular complexity index is 1310. The highest BCUT2D eigenvalue weighted by Gasteiger charge is 2.37. The third kappa shape index (κ3) is 10.4. The molecular formula is C31H40N4O7. The fourth-order valence-electron chi connectivity index (χ4n) is 3.98. The van der Waals surface area contributed by atoms with Gasteiger partial charge in [-0.25, -0.2) is 9.59 Å². The molecule has 42 heavy (non-hydrogen) atoms. The summed E-state index contributed by atoms with van der Waals surface area (Å²) in [7, 11) is 0. The van der Waals surface area contributed by atoms with Crippen LogP contribution >= 0.6 is 0 Å². The van der Waals surface area contributed by atoms with Crippen molar-refractivity contribution in [3.8, 4) is 11.8 Å². The third-order valence-corrected chi connectivity index (χ3v) is 5.76. The van der Waals surface area contributed by atoms with Crippen molar-refractivity contribution in [2.45, 2.75) is 78.2 Å². The number of carbonyl (C=O) groups excluding carboxylic acids is 4. The SMILES string of the molecule is Cc1cccc(C(C(=O)NC(Cc2ccccc2)C(=O)OC(C)(C)C)N(CC#N)C(=O)CNC(=O)OC(C)(C)C)c1O. The first-order valence-electron chi connectivity index (χ1n) is 13.5. The maximum Gasteiger partial charge on any atom is 0.408 e. The molecule has 0 saturated heterocycles. The van der Waals surface area contributed by atoms with Crippen LogP contribution < -0.4 is 10.6 Å². The normalized spacial score (nSPS) is 12.7. The van der Waals surface area contributed by atoms with Crippen molar-refractivity contribution in [2.24, 2.45) is 0 Å². The van der Waals surface area contributed by atoms with E-state index in [0.717, 1.165) is 10.5 Å². The standard InChI is InChI=1S/C31H40N4O7/c1-20-12-11-15-22(26(20)37)25(35(17-16-32)24(36)19-33-29(40)42-31(5,6)7)27(38)34-23(28(39)41-30(2,3)4)18-21-13-9-8-10-14-21/h8-15,23,25,37H,17-19H2,1-7H3,(H,33,40)(H,34,38). The molecule has 0 radical (unpaired) electrons. The van der Waals surface area contributed by atoms with Crippen LogP contribution in [0.15, 0.2) is 48.5 Å². The van der Waals surface area contributed by atoms with E-state index in [0.29, 0.717) is 5.56 Å². The van der Waals surface area contributed by atoms with Gasteiger partial charge >= 0.3 is 12.1 Å². The number of hydrogen-bond acceptors (Lipinski definition) is 8. The predicted octanol–water partition coefficient (Wildman–Crippen LogP) is 3.69. The van der Waals surface area contributed by atoms with Crippen molar-refractivity contribution in [3.63, 3.8) is 0 Å². The average Bonchev–Trinajstić information content (AvgIpc) is 2.87. The summed E-state index contributed by atoms with van der Waals surface area (Å²) in [4.78, 5) is 53.7. The summed E-state index contributed by atoms with van der Waals surface area (Å²) in [5, 5.41) is 25.5. The van der Waals surface area contributed by atoms with Gasteiger partial charge in [-0.2, -0.15) is 5.26 Å². The van der Waals surface area contributed by atoms with E-state index in [9.17, 15) is 29.5 Å². The maximum absolute atomic E-state index is 14.0. The van der Waals surface area contributed by atoms with Gasteiger partial charge in [-0.1, -0.05) is 48.5 Å². The number of hydrogen-bond donors (Lipinski definition) is 3. The number of nitriles is 1. The van der Waals surface area contributed by atoms with Gasteiger partial charge in [0.15, 0.2) is 0 Å². The molecule has 0 aromatic heterocycles. The monoisotopic (exact) mass is 580 g/mol. The molecule has 0 saturated carbocycles.